The molecule has 0 N–H and O–H groups in total. The smallest absolute Gasteiger partial charge is 0.410 e. The second kappa shape index (κ2) is 6.96. The van der Waals surface area contributed by atoms with Crippen LogP contribution >= 0.6 is 0 Å². The van der Waals surface area contributed by atoms with Gasteiger partial charge in [0.2, 0.25) is 5.82 Å². The molecule has 26 heavy (non-hydrogen) atoms. The number of rotatable bonds is 3. The van der Waals surface area contributed by atoms with Crippen molar-refractivity contribution in [1.82, 2.24) is 14.9 Å². The number of nitriles is 1. The lowest BCUT2D eigenvalue weighted by atomic mass is 9.97. The molecular weight excluding hydrogens is 328 g/mol. The Morgan fingerprint density at radius 2 is 2.00 bits per heavy atom. The predicted molar refractivity (Wildman–Crippen MR) is 94.6 cm³/mol. The zero-order valence-electron chi connectivity index (χ0n) is 14.2. The molecule has 2 aliphatic rings. The van der Waals surface area contributed by atoms with Crippen LogP contribution in [0.3, 0.4) is 0 Å². The molecule has 0 saturated carbocycles. The Morgan fingerprint density at radius 3 is 2.69 bits per heavy atom. The molecule has 1 saturated heterocycles. The Morgan fingerprint density at radius 1 is 1.23 bits per heavy atom. The summed E-state index contributed by atoms with van der Waals surface area (Å²) in [6.45, 7) is 0.287. The van der Waals surface area contributed by atoms with Crippen LogP contribution in [0.1, 0.15) is 36.2 Å². The first kappa shape index (κ1) is 16.3. The maximum atomic E-state index is 12.6. The van der Waals surface area contributed by atoms with E-state index in [2.05, 4.69) is 16.0 Å². The van der Waals surface area contributed by atoms with Crippen molar-refractivity contribution < 1.29 is 9.53 Å². The summed E-state index contributed by atoms with van der Waals surface area (Å²) in [4.78, 5) is 22.5. The molecule has 6 nitrogen and oxygen atoms in total. The molecule has 2 aromatic rings. The van der Waals surface area contributed by atoms with Crippen molar-refractivity contribution in [3.63, 3.8) is 0 Å². The summed E-state index contributed by atoms with van der Waals surface area (Å²) < 4.78 is 5.52. The summed E-state index contributed by atoms with van der Waals surface area (Å²) in [6, 6.07) is 11.8. The summed E-state index contributed by atoms with van der Waals surface area (Å²) in [6.07, 6.45) is 7.87. The van der Waals surface area contributed by atoms with E-state index in [9.17, 15) is 4.79 Å². The van der Waals surface area contributed by atoms with Crippen molar-refractivity contribution in [3.05, 3.63) is 65.8 Å². The normalized spacial score (nSPS) is 21.0. The van der Waals surface area contributed by atoms with Crippen LogP contribution in [-0.4, -0.2) is 33.0 Å². The molecule has 130 valence electrons. The molecule has 2 unspecified atom stereocenters. The Kier molecular flexibility index (Phi) is 4.36. The fraction of sp³-hybridized carbons (Fsp3) is 0.300. The van der Waals surface area contributed by atoms with Gasteiger partial charge >= 0.3 is 6.09 Å². The maximum Gasteiger partial charge on any atom is 0.410 e. The van der Waals surface area contributed by atoms with Crippen molar-refractivity contribution in [1.29, 1.82) is 5.26 Å². The van der Waals surface area contributed by atoms with E-state index in [0.717, 1.165) is 36.0 Å². The van der Waals surface area contributed by atoms with E-state index in [0.29, 0.717) is 0 Å². The minimum absolute atomic E-state index is 0.0441. The van der Waals surface area contributed by atoms with Gasteiger partial charge in [-0.3, -0.25) is 4.90 Å². The molecule has 2 atom stereocenters. The molecule has 4 rings (SSSR count). The van der Waals surface area contributed by atoms with Crippen LogP contribution in [0.5, 0.6) is 0 Å². The van der Waals surface area contributed by atoms with E-state index in [4.69, 9.17) is 10.00 Å². The number of aromatic nitrogens is 2. The molecule has 3 heterocycles. The van der Waals surface area contributed by atoms with Gasteiger partial charge in [-0.2, -0.15) is 5.26 Å². The number of amides is 1. The minimum atomic E-state index is -0.257. The van der Waals surface area contributed by atoms with Crippen LogP contribution in [0.25, 0.3) is 5.57 Å². The molecular formula is C20H18N4O2. The molecule has 0 radical (unpaired) electrons. The van der Waals surface area contributed by atoms with Crippen molar-refractivity contribution in [2.45, 2.75) is 38.0 Å². The first-order valence-corrected chi connectivity index (χ1v) is 8.67. The van der Waals surface area contributed by atoms with Gasteiger partial charge < -0.3 is 4.74 Å². The van der Waals surface area contributed by atoms with E-state index in [1.54, 1.807) is 12.4 Å². The van der Waals surface area contributed by atoms with Crippen LogP contribution in [0, 0.1) is 11.3 Å². The van der Waals surface area contributed by atoms with Crippen molar-refractivity contribution >= 4 is 11.7 Å². The first-order chi connectivity index (χ1) is 12.7. The third-order valence-electron chi connectivity index (χ3n) is 4.93. The highest BCUT2D eigenvalue weighted by molar-refractivity contribution is 5.74. The van der Waals surface area contributed by atoms with E-state index in [-0.39, 0.29) is 30.6 Å². The highest BCUT2D eigenvalue weighted by Gasteiger charge is 2.40. The first-order valence-electron chi connectivity index (χ1n) is 8.67. The molecule has 1 amide bonds. The summed E-state index contributed by atoms with van der Waals surface area (Å²) in [5.74, 6) is 0.166. The highest BCUT2D eigenvalue weighted by atomic mass is 16.6. The van der Waals surface area contributed by atoms with Gasteiger partial charge in [0.1, 0.15) is 12.7 Å². The van der Waals surface area contributed by atoms with E-state index < -0.39 is 0 Å². The molecule has 2 bridgehead atoms. The lowest BCUT2D eigenvalue weighted by molar-refractivity contribution is 0.0832. The number of nitrogens with zero attached hydrogens (tertiary/aromatic N) is 4. The lowest BCUT2D eigenvalue weighted by Gasteiger charge is -2.33. The number of carbonyl (C=O) groups excluding carboxylic acids is 1. The number of ether oxygens (including phenoxy) is 1. The van der Waals surface area contributed by atoms with Gasteiger partial charge in [0.05, 0.1) is 6.04 Å². The van der Waals surface area contributed by atoms with E-state index in [1.165, 1.54) is 0 Å². The average molecular weight is 346 g/mol. The largest absolute Gasteiger partial charge is 0.445 e. The Bertz CT molecular complexity index is 871. The topological polar surface area (TPSA) is 79.1 Å². The quantitative estimate of drug-likeness (QED) is 0.852. The second-order valence-electron chi connectivity index (χ2n) is 6.55. The molecule has 2 aliphatic heterocycles. The average Bonchev–Trinajstić information content (AvgIpc) is 2.96. The molecule has 1 fully saturated rings. The number of fused-ring (bicyclic) bond motifs is 2. The van der Waals surface area contributed by atoms with E-state index in [1.807, 2.05) is 41.3 Å². The van der Waals surface area contributed by atoms with Crippen LogP contribution < -0.4 is 0 Å². The van der Waals surface area contributed by atoms with Gasteiger partial charge in [-0.15, -0.1) is 0 Å². The summed E-state index contributed by atoms with van der Waals surface area (Å²) in [5, 5.41) is 8.81. The summed E-state index contributed by atoms with van der Waals surface area (Å²) in [5.41, 5.74) is 3.03. The van der Waals surface area contributed by atoms with E-state index >= 15 is 0 Å². The van der Waals surface area contributed by atoms with Crippen molar-refractivity contribution in [2.24, 2.45) is 0 Å². The third-order valence-corrected chi connectivity index (χ3v) is 4.93. The Labute approximate surface area is 151 Å². The van der Waals surface area contributed by atoms with Crippen LogP contribution in [0.4, 0.5) is 4.79 Å². The van der Waals surface area contributed by atoms with Gasteiger partial charge in [-0.25, -0.2) is 14.8 Å². The van der Waals surface area contributed by atoms with Crippen LogP contribution in [-0.2, 0) is 11.3 Å². The van der Waals surface area contributed by atoms with Crippen LogP contribution in [0.15, 0.2) is 48.8 Å². The number of carbonyl (C=O) groups is 1. The molecule has 1 aromatic heterocycles. The fourth-order valence-electron chi connectivity index (χ4n) is 3.67. The molecule has 6 heteroatoms. The van der Waals surface area contributed by atoms with Crippen LogP contribution in [0.2, 0.25) is 0 Å². The zero-order valence-corrected chi connectivity index (χ0v) is 14.2. The third kappa shape index (κ3) is 3.16. The Hall–Kier alpha value is -3.20. The van der Waals surface area contributed by atoms with Gasteiger partial charge in [-0.05, 0) is 30.4 Å². The summed E-state index contributed by atoms with van der Waals surface area (Å²) >= 11 is 0. The number of benzene rings is 1. The number of hydrogen-bond acceptors (Lipinski definition) is 5. The maximum absolute atomic E-state index is 12.6. The standard InChI is InChI=1S/C20H18N4O2/c21-10-19-22-11-16(12-23-19)15-8-17-6-7-18(9-15)24(17)20(25)26-13-14-4-2-1-3-5-14/h1-5,8,11-12,17-18H,6-7,9,13H2. The van der Waals surface area contributed by atoms with Gasteiger partial charge in [0, 0.05) is 24.0 Å². The Balaban J connectivity index is 1.46. The second-order valence-corrected chi connectivity index (χ2v) is 6.55. The van der Waals surface area contributed by atoms with Gasteiger partial charge in [-0.1, -0.05) is 36.4 Å². The lowest BCUT2D eigenvalue weighted by Crippen LogP contribution is -2.43. The molecule has 1 aromatic carbocycles. The predicted octanol–water partition coefficient (Wildman–Crippen LogP) is 3.31. The molecule has 0 aliphatic carbocycles. The zero-order chi connectivity index (χ0) is 17.9. The van der Waals surface area contributed by atoms with Crippen molar-refractivity contribution in [3.8, 4) is 6.07 Å². The molecule has 0 spiro atoms. The minimum Gasteiger partial charge on any atom is -0.445 e. The van der Waals surface area contributed by atoms with Crippen molar-refractivity contribution in [2.75, 3.05) is 0 Å². The fourth-order valence-corrected chi connectivity index (χ4v) is 3.67. The number of hydrogen-bond donors (Lipinski definition) is 0. The monoisotopic (exact) mass is 346 g/mol. The van der Waals surface area contributed by atoms with Gasteiger partial charge in [0.25, 0.3) is 0 Å². The SMILES string of the molecule is N#Cc1ncc(C2=CC3CCC(C2)N3C(=O)OCc2ccccc2)cn1. The van der Waals surface area contributed by atoms with Gasteiger partial charge in [0.15, 0.2) is 0 Å². The highest BCUT2D eigenvalue weighted by Crippen LogP contribution is 2.38. The summed E-state index contributed by atoms with van der Waals surface area (Å²) in [7, 11) is 0.